The third-order valence-corrected chi connectivity index (χ3v) is 3.26. The smallest absolute Gasteiger partial charge is 0.0889 e. The molecule has 3 heteroatoms. The van der Waals surface area contributed by atoms with Gasteiger partial charge in [0.1, 0.15) is 0 Å². The summed E-state index contributed by atoms with van der Waals surface area (Å²) in [4.78, 5) is 0. The molecule has 0 bridgehead atoms. The molecule has 1 unspecified atom stereocenters. The van der Waals surface area contributed by atoms with Crippen molar-refractivity contribution in [1.82, 2.24) is 15.0 Å². The van der Waals surface area contributed by atoms with E-state index in [2.05, 4.69) is 28.8 Å². The second kappa shape index (κ2) is 4.11. The number of rotatable bonds is 2. The lowest BCUT2D eigenvalue weighted by Crippen LogP contribution is -2.04. The van der Waals surface area contributed by atoms with E-state index in [9.17, 15) is 0 Å². The molecule has 0 aromatic carbocycles. The fourth-order valence-electron chi connectivity index (χ4n) is 2.39. The minimum atomic E-state index is 0.660. The Labute approximate surface area is 85.5 Å². The highest BCUT2D eigenvalue weighted by atomic mass is 15.4. The van der Waals surface area contributed by atoms with Crippen LogP contribution in [0.15, 0.2) is 0 Å². The number of hydrogen-bond donors (Lipinski definition) is 0. The van der Waals surface area contributed by atoms with Gasteiger partial charge < -0.3 is 0 Å². The van der Waals surface area contributed by atoms with Crippen molar-refractivity contribution in [2.24, 2.45) is 0 Å². The zero-order chi connectivity index (χ0) is 9.97. The van der Waals surface area contributed by atoms with Crippen molar-refractivity contribution in [3.8, 4) is 0 Å². The van der Waals surface area contributed by atoms with E-state index in [0.717, 1.165) is 6.54 Å². The van der Waals surface area contributed by atoms with Crippen LogP contribution in [-0.4, -0.2) is 15.0 Å². The van der Waals surface area contributed by atoms with Crippen LogP contribution < -0.4 is 0 Å². The summed E-state index contributed by atoms with van der Waals surface area (Å²) in [5.74, 6) is 0.660. The lowest BCUT2D eigenvalue weighted by Gasteiger charge is -2.09. The molecule has 3 nitrogen and oxygen atoms in total. The molecule has 1 aliphatic rings. The normalized spacial score (nSPS) is 21.7. The minimum absolute atomic E-state index is 0.660. The van der Waals surface area contributed by atoms with Crippen LogP contribution in [0.4, 0.5) is 0 Å². The van der Waals surface area contributed by atoms with Gasteiger partial charge in [0.25, 0.3) is 0 Å². The molecule has 1 aromatic heterocycles. The summed E-state index contributed by atoms with van der Waals surface area (Å²) >= 11 is 0. The zero-order valence-electron chi connectivity index (χ0n) is 9.16. The molecule has 0 radical (unpaired) electrons. The Bertz CT molecular complexity index is 303. The molecule has 2 rings (SSSR count). The van der Waals surface area contributed by atoms with E-state index in [1.54, 1.807) is 0 Å². The van der Waals surface area contributed by atoms with Gasteiger partial charge in [-0.2, -0.15) is 0 Å². The van der Waals surface area contributed by atoms with E-state index in [1.165, 1.54) is 43.5 Å². The number of nitrogens with zero attached hydrogens (tertiary/aromatic N) is 3. The van der Waals surface area contributed by atoms with Crippen LogP contribution >= 0.6 is 0 Å². The van der Waals surface area contributed by atoms with Crippen LogP contribution in [0.2, 0.25) is 0 Å². The predicted molar refractivity (Wildman–Crippen MR) is 56.3 cm³/mol. The maximum absolute atomic E-state index is 4.35. The summed E-state index contributed by atoms with van der Waals surface area (Å²) in [6, 6.07) is 0. The van der Waals surface area contributed by atoms with Crippen LogP contribution in [0.3, 0.4) is 0 Å². The Morgan fingerprint density at radius 1 is 1.36 bits per heavy atom. The molecular weight excluding hydrogens is 174 g/mol. The third-order valence-electron chi connectivity index (χ3n) is 3.26. The largest absolute Gasteiger partial charge is 0.249 e. The quantitative estimate of drug-likeness (QED) is 0.676. The van der Waals surface area contributed by atoms with Gasteiger partial charge in [-0.05, 0) is 32.6 Å². The summed E-state index contributed by atoms with van der Waals surface area (Å²) in [5, 5.41) is 8.58. The molecule has 0 spiro atoms. The van der Waals surface area contributed by atoms with Gasteiger partial charge in [-0.15, -0.1) is 5.10 Å². The molecule has 1 atom stereocenters. The van der Waals surface area contributed by atoms with Gasteiger partial charge in [-0.3, -0.25) is 0 Å². The first-order valence-electron chi connectivity index (χ1n) is 5.79. The van der Waals surface area contributed by atoms with Crippen LogP contribution in [0.1, 0.15) is 56.8 Å². The molecule has 0 saturated heterocycles. The van der Waals surface area contributed by atoms with Crippen molar-refractivity contribution >= 4 is 0 Å². The molecule has 78 valence electrons. The van der Waals surface area contributed by atoms with Crippen LogP contribution in [0.5, 0.6) is 0 Å². The third kappa shape index (κ3) is 1.56. The molecule has 0 saturated carbocycles. The van der Waals surface area contributed by atoms with E-state index in [1.807, 2.05) is 0 Å². The van der Waals surface area contributed by atoms with E-state index >= 15 is 0 Å². The Kier molecular flexibility index (Phi) is 2.85. The summed E-state index contributed by atoms with van der Waals surface area (Å²) in [6.45, 7) is 5.35. The SMILES string of the molecule is CCC1CCCCc2c1nnn2CC. The second-order valence-corrected chi connectivity index (χ2v) is 4.09. The monoisotopic (exact) mass is 193 g/mol. The first kappa shape index (κ1) is 9.69. The van der Waals surface area contributed by atoms with Gasteiger partial charge >= 0.3 is 0 Å². The van der Waals surface area contributed by atoms with Gasteiger partial charge in [-0.25, -0.2) is 4.68 Å². The summed E-state index contributed by atoms with van der Waals surface area (Å²) in [6.07, 6.45) is 6.32. The van der Waals surface area contributed by atoms with Crippen molar-refractivity contribution in [3.05, 3.63) is 11.4 Å². The van der Waals surface area contributed by atoms with Crippen LogP contribution in [0, 0.1) is 0 Å². The fourth-order valence-corrected chi connectivity index (χ4v) is 2.39. The van der Waals surface area contributed by atoms with Crippen LogP contribution in [0.25, 0.3) is 0 Å². The van der Waals surface area contributed by atoms with Gasteiger partial charge in [-0.1, -0.05) is 18.6 Å². The Hall–Kier alpha value is -0.860. The standard InChI is InChI=1S/C11H19N3/c1-3-9-7-5-6-8-10-11(9)12-13-14(10)4-2/h9H,3-8H2,1-2H3. The average Bonchev–Trinajstić information content (AvgIpc) is 2.51. The van der Waals surface area contributed by atoms with Gasteiger partial charge in [0.05, 0.1) is 11.4 Å². The topological polar surface area (TPSA) is 30.7 Å². The number of fused-ring (bicyclic) bond motifs is 1. The van der Waals surface area contributed by atoms with Crippen molar-refractivity contribution in [3.63, 3.8) is 0 Å². The van der Waals surface area contributed by atoms with Crippen molar-refractivity contribution in [2.45, 2.75) is 58.4 Å². The highest BCUT2D eigenvalue weighted by molar-refractivity contribution is 5.17. The van der Waals surface area contributed by atoms with Crippen molar-refractivity contribution in [2.75, 3.05) is 0 Å². The number of aromatic nitrogens is 3. The lowest BCUT2D eigenvalue weighted by molar-refractivity contribution is 0.551. The molecule has 0 aliphatic heterocycles. The first-order chi connectivity index (χ1) is 6.86. The Balaban J connectivity index is 2.35. The Morgan fingerprint density at radius 3 is 2.93 bits per heavy atom. The van der Waals surface area contributed by atoms with Gasteiger partial charge in [0.15, 0.2) is 0 Å². The zero-order valence-corrected chi connectivity index (χ0v) is 9.16. The number of hydrogen-bond acceptors (Lipinski definition) is 2. The van der Waals surface area contributed by atoms with E-state index in [4.69, 9.17) is 0 Å². The lowest BCUT2D eigenvalue weighted by atomic mass is 9.98. The molecule has 1 aliphatic carbocycles. The predicted octanol–water partition coefficient (Wildman–Crippen LogP) is 2.52. The van der Waals surface area contributed by atoms with Gasteiger partial charge in [0.2, 0.25) is 0 Å². The highest BCUT2D eigenvalue weighted by Crippen LogP contribution is 2.30. The molecule has 14 heavy (non-hydrogen) atoms. The molecule has 0 fully saturated rings. The molecular formula is C11H19N3. The maximum atomic E-state index is 4.35. The number of aryl methyl sites for hydroxylation is 1. The van der Waals surface area contributed by atoms with E-state index < -0.39 is 0 Å². The Morgan fingerprint density at radius 2 is 2.21 bits per heavy atom. The molecule has 0 amide bonds. The van der Waals surface area contributed by atoms with Crippen molar-refractivity contribution in [1.29, 1.82) is 0 Å². The van der Waals surface area contributed by atoms with E-state index in [0.29, 0.717) is 5.92 Å². The van der Waals surface area contributed by atoms with Crippen molar-refractivity contribution < 1.29 is 0 Å². The summed E-state index contributed by atoms with van der Waals surface area (Å²) < 4.78 is 2.07. The molecule has 1 heterocycles. The first-order valence-corrected chi connectivity index (χ1v) is 5.79. The van der Waals surface area contributed by atoms with Gasteiger partial charge in [0, 0.05) is 12.5 Å². The second-order valence-electron chi connectivity index (χ2n) is 4.09. The fraction of sp³-hybridized carbons (Fsp3) is 0.818. The molecule has 1 aromatic rings. The molecule has 0 N–H and O–H groups in total. The van der Waals surface area contributed by atoms with Crippen LogP contribution in [-0.2, 0) is 13.0 Å². The average molecular weight is 193 g/mol. The summed E-state index contributed by atoms with van der Waals surface area (Å²) in [5.41, 5.74) is 2.68. The maximum Gasteiger partial charge on any atom is 0.0889 e. The highest BCUT2D eigenvalue weighted by Gasteiger charge is 2.22. The summed E-state index contributed by atoms with van der Waals surface area (Å²) in [7, 11) is 0. The minimum Gasteiger partial charge on any atom is -0.249 e. The van der Waals surface area contributed by atoms with E-state index in [-0.39, 0.29) is 0 Å².